The molecule has 4 rings (SSSR count). The first-order chi connectivity index (χ1) is 13.4. The number of benzene rings is 2. The molecule has 0 aliphatic rings. The van der Waals surface area contributed by atoms with Crippen molar-refractivity contribution in [3.8, 4) is 0 Å². The van der Waals surface area contributed by atoms with Crippen molar-refractivity contribution in [1.82, 2.24) is 19.6 Å². The molecule has 0 fully saturated rings. The fourth-order valence-corrected chi connectivity index (χ4v) is 4.02. The van der Waals surface area contributed by atoms with Gasteiger partial charge in [0.05, 0.1) is 10.8 Å². The summed E-state index contributed by atoms with van der Waals surface area (Å²) in [5.41, 5.74) is 4.56. The summed E-state index contributed by atoms with van der Waals surface area (Å²) in [4.78, 5) is 22.1. The van der Waals surface area contributed by atoms with Crippen LogP contribution in [0.25, 0.3) is 16.6 Å². The first kappa shape index (κ1) is 18.4. The third kappa shape index (κ3) is 3.33. The van der Waals surface area contributed by atoms with Gasteiger partial charge in [-0.2, -0.15) is 4.52 Å². The molecule has 142 valence electrons. The van der Waals surface area contributed by atoms with Crippen LogP contribution in [-0.2, 0) is 4.79 Å². The Morgan fingerprint density at radius 3 is 2.50 bits per heavy atom. The van der Waals surface area contributed by atoms with E-state index < -0.39 is 0 Å². The summed E-state index contributed by atoms with van der Waals surface area (Å²) in [6.07, 6.45) is 0. The SMILES string of the molecule is Cc1nc2c3ccccc3nc(SC(C)C(=O)Nc3c(C)cccc3C)n2n1. The number of aromatic nitrogens is 4. The molecule has 0 saturated carbocycles. The average molecular weight is 392 g/mol. The van der Waals surface area contributed by atoms with E-state index in [1.807, 2.05) is 70.2 Å². The molecular weight excluding hydrogens is 370 g/mol. The highest BCUT2D eigenvalue weighted by Crippen LogP contribution is 2.28. The minimum atomic E-state index is -0.347. The summed E-state index contributed by atoms with van der Waals surface area (Å²) in [5.74, 6) is 0.606. The van der Waals surface area contributed by atoms with Gasteiger partial charge in [0.25, 0.3) is 0 Å². The van der Waals surface area contributed by atoms with Crippen LogP contribution in [0.5, 0.6) is 0 Å². The molecule has 1 amide bonds. The van der Waals surface area contributed by atoms with Gasteiger partial charge in [-0.05, 0) is 51.0 Å². The molecule has 7 heteroatoms. The van der Waals surface area contributed by atoms with Crippen molar-refractivity contribution in [2.75, 3.05) is 5.32 Å². The number of carbonyl (C=O) groups excluding carboxylic acids is 1. The second-order valence-corrected chi connectivity index (χ2v) is 8.13. The van der Waals surface area contributed by atoms with Crippen LogP contribution < -0.4 is 5.32 Å². The van der Waals surface area contributed by atoms with E-state index in [4.69, 9.17) is 4.98 Å². The van der Waals surface area contributed by atoms with Crippen LogP contribution in [0.1, 0.15) is 23.9 Å². The highest BCUT2D eigenvalue weighted by molar-refractivity contribution is 8.00. The van der Waals surface area contributed by atoms with Crippen LogP contribution in [0.15, 0.2) is 47.6 Å². The topological polar surface area (TPSA) is 72.2 Å². The highest BCUT2D eigenvalue weighted by atomic mass is 32.2. The molecule has 1 unspecified atom stereocenters. The number of amides is 1. The minimum Gasteiger partial charge on any atom is -0.325 e. The summed E-state index contributed by atoms with van der Waals surface area (Å²) < 4.78 is 1.73. The lowest BCUT2D eigenvalue weighted by molar-refractivity contribution is -0.115. The van der Waals surface area contributed by atoms with Crippen LogP contribution in [0.4, 0.5) is 5.69 Å². The van der Waals surface area contributed by atoms with Crippen molar-refractivity contribution < 1.29 is 4.79 Å². The van der Waals surface area contributed by atoms with Gasteiger partial charge in [0, 0.05) is 11.1 Å². The van der Waals surface area contributed by atoms with E-state index in [1.54, 1.807) is 4.52 Å². The third-order valence-electron chi connectivity index (χ3n) is 4.64. The molecule has 6 nitrogen and oxygen atoms in total. The molecule has 0 bridgehead atoms. The van der Waals surface area contributed by atoms with Crippen LogP contribution >= 0.6 is 11.8 Å². The molecule has 0 spiro atoms. The van der Waals surface area contributed by atoms with Crippen molar-refractivity contribution in [3.63, 3.8) is 0 Å². The second kappa shape index (κ2) is 7.24. The largest absolute Gasteiger partial charge is 0.325 e. The van der Waals surface area contributed by atoms with E-state index in [2.05, 4.69) is 15.4 Å². The zero-order chi connectivity index (χ0) is 19.8. The van der Waals surface area contributed by atoms with Gasteiger partial charge in [-0.1, -0.05) is 42.1 Å². The number of nitrogens with one attached hydrogen (secondary N) is 1. The van der Waals surface area contributed by atoms with Crippen LogP contribution in [0.3, 0.4) is 0 Å². The first-order valence-electron chi connectivity index (χ1n) is 9.10. The number of nitrogens with zero attached hydrogens (tertiary/aromatic N) is 4. The molecule has 1 N–H and O–H groups in total. The molecule has 0 aliphatic heterocycles. The fourth-order valence-electron chi connectivity index (χ4n) is 3.16. The zero-order valence-corrected chi connectivity index (χ0v) is 17.0. The lowest BCUT2D eigenvalue weighted by Gasteiger charge is -2.15. The maximum Gasteiger partial charge on any atom is 0.237 e. The molecule has 0 saturated heterocycles. The average Bonchev–Trinajstić information content (AvgIpc) is 3.07. The van der Waals surface area contributed by atoms with E-state index in [0.29, 0.717) is 11.0 Å². The molecule has 2 aromatic heterocycles. The summed E-state index contributed by atoms with van der Waals surface area (Å²) in [6.45, 7) is 7.72. The quantitative estimate of drug-likeness (QED) is 0.414. The third-order valence-corrected chi connectivity index (χ3v) is 5.68. The van der Waals surface area contributed by atoms with E-state index >= 15 is 0 Å². The normalized spacial score (nSPS) is 12.4. The standard InChI is InChI=1S/C21H21N5OS/c1-12-8-7-9-13(2)18(12)24-20(27)14(3)28-21-23-17-11-6-5-10-16(17)19-22-15(4)25-26(19)21/h5-11,14H,1-4H3,(H,24,27). The van der Waals surface area contributed by atoms with Crippen molar-refractivity contribution in [2.45, 2.75) is 38.1 Å². The number of rotatable bonds is 4. The Balaban J connectivity index is 1.66. The Morgan fingerprint density at radius 1 is 1.04 bits per heavy atom. The van der Waals surface area contributed by atoms with E-state index in [1.165, 1.54) is 11.8 Å². The van der Waals surface area contributed by atoms with Crippen molar-refractivity contribution >= 4 is 39.9 Å². The molecule has 28 heavy (non-hydrogen) atoms. The summed E-state index contributed by atoms with van der Waals surface area (Å²) in [6, 6.07) is 13.8. The number of aryl methyl sites for hydroxylation is 3. The van der Waals surface area contributed by atoms with Gasteiger partial charge in [0.1, 0.15) is 5.82 Å². The molecule has 4 aromatic rings. The Morgan fingerprint density at radius 2 is 1.75 bits per heavy atom. The zero-order valence-electron chi connectivity index (χ0n) is 16.2. The molecule has 2 heterocycles. The van der Waals surface area contributed by atoms with Crippen LogP contribution in [0.2, 0.25) is 0 Å². The van der Waals surface area contributed by atoms with E-state index in [-0.39, 0.29) is 11.2 Å². The predicted octanol–water partition coefficient (Wildman–Crippen LogP) is 4.32. The summed E-state index contributed by atoms with van der Waals surface area (Å²) in [5, 5.41) is 8.78. The number of para-hydroxylation sites is 2. The number of hydrogen-bond donors (Lipinski definition) is 1. The van der Waals surface area contributed by atoms with Gasteiger partial charge in [-0.25, -0.2) is 9.97 Å². The number of thioether (sulfide) groups is 1. The van der Waals surface area contributed by atoms with Crippen LogP contribution in [0, 0.1) is 20.8 Å². The molecular formula is C21H21N5OS. The number of fused-ring (bicyclic) bond motifs is 3. The van der Waals surface area contributed by atoms with Gasteiger partial charge in [-0.3, -0.25) is 4.79 Å². The minimum absolute atomic E-state index is 0.0673. The van der Waals surface area contributed by atoms with Gasteiger partial charge < -0.3 is 5.32 Å². The molecule has 1 atom stereocenters. The Labute approximate surface area is 167 Å². The van der Waals surface area contributed by atoms with Crippen molar-refractivity contribution in [1.29, 1.82) is 0 Å². The first-order valence-corrected chi connectivity index (χ1v) is 9.98. The van der Waals surface area contributed by atoms with E-state index in [9.17, 15) is 4.79 Å². The fraction of sp³-hybridized carbons (Fsp3) is 0.238. The number of hydrogen-bond acceptors (Lipinski definition) is 5. The number of carbonyl (C=O) groups is 1. The van der Waals surface area contributed by atoms with Crippen molar-refractivity contribution in [3.05, 3.63) is 59.4 Å². The smallest absolute Gasteiger partial charge is 0.237 e. The van der Waals surface area contributed by atoms with Gasteiger partial charge >= 0.3 is 0 Å². The molecule has 2 aromatic carbocycles. The summed E-state index contributed by atoms with van der Waals surface area (Å²) >= 11 is 1.38. The maximum atomic E-state index is 12.8. The van der Waals surface area contributed by atoms with Crippen LogP contribution in [-0.4, -0.2) is 30.7 Å². The predicted molar refractivity (Wildman–Crippen MR) is 113 cm³/mol. The monoisotopic (exact) mass is 391 g/mol. The number of anilines is 1. The Hall–Kier alpha value is -2.93. The van der Waals surface area contributed by atoms with Crippen molar-refractivity contribution in [2.24, 2.45) is 0 Å². The Bertz CT molecular complexity index is 1180. The lowest BCUT2D eigenvalue weighted by atomic mass is 10.1. The van der Waals surface area contributed by atoms with Gasteiger partial charge in [0.15, 0.2) is 10.8 Å². The second-order valence-electron chi connectivity index (χ2n) is 6.82. The Kier molecular flexibility index (Phi) is 4.77. The van der Waals surface area contributed by atoms with Gasteiger partial charge in [0.2, 0.25) is 5.91 Å². The lowest BCUT2D eigenvalue weighted by Crippen LogP contribution is -2.24. The highest BCUT2D eigenvalue weighted by Gasteiger charge is 2.20. The van der Waals surface area contributed by atoms with E-state index in [0.717, 1.165) is 33.4 Å². The molecule has 0 aliphatic carbocycles. The molecule has 0 radical (unpaired) electrons. The van der Waals surface area contributed by atoms with Gasteiger partial charge in [-0.15, -0.1) is 5.10 Å². The maximum absolute atomic E-state index is 12.8. The summed E-state index contributed by atoms with van der Waals surface area (Å²) in [7, 11) is 0.